The van der Waals surface area contributed by atoms with Crippen molar-refractivity contribution in [1.82, 2.24) is 10.2 Å². The Balaban J connectivity index is 1.68. The second-order valence-corrected chi connectivity index (χ2v) is 7.31. The Morgan fingerprint density at radius 2 is 1.80 bits per heavy atom. The first kappa shape index (κ1) is 14.1. The zero-order valence-electron chi connectivity index (χ0n) is 12.9. The van der Waals surface area contributed by atoms with E-state index in [0.29, 0.717) is 11.5 Å². The van der Waals surface area contributed by atoms with Gasteiger partial charge in [0.2, 0.25) is 0 Å². The molecule has 0 spiro atoms. The molecule has 0 amide bonds. The van der Waals surface area contributed by atoms with Gasteiger partial charge >= 0.3 is 0 Å². The lowest BCUT2D eigenvalue weighted by atomic mass is 9.82. The minimum absolute atomic E-state index is 0.529. The summed E-state index contributed by atoms with van der Waals surface area (Å²) in [5.74, 6) is 0. The van der Waals surface area contributed by atoms with Crippen molar-refractivity contribution in [2.24, 2.45) is 5.41 Å². The molecule has 0 bridgehead atoms. The lowest BCUT2D eigenvalue weighted by Gasteiger charge is -2.41. The second kappa shape index (κ2) is 5.87. The van der Waals surface area contributed by atoms with Gasteiger partial charge in [-0.15, -0.1) is 0 Å². The van der Waals surface area contributed by atoms with Crippen molar-refractivity contribution in [3.8, 4) is 0 Å². The van der Waals surface area contributed by atoms with Gasteiger partial charge in [0.05, 0.1) is 0 Å². The summed E-state index contributed by atoms with van der Waals surface area (Å²) in [6.07, 6.45) is 5.38. The molecule has 20 heavy (non-hydrogen) atoms. The molecule has 1 aliphatic carbocycles. The smallest absolute Gasteiger partial charge is 0.0472 e. The van der Waals surface area contributed by atoms with Gasteiger partial charge in [0, 0.05) is 18.6 Å². The van der Waals surface area contributed by atoms with Crippen molar-refractivity contribution < 1.29 is 0 Å². The quantitative estimate of drug-likeness (QED) is 0.881. The molecule has 110 valence electrons. The van der Waals surface area contributed by atoms with Crippen LogP contribution in [0.25, 0.3) is 0 Å². The highest BCUT2D eigenvalue weighted by atomic mass is 15.2. The zero-order chi connectivity index (χ0) is 14.0. The Kier molecular flexibility index (Phi) is 4.13. The van der Waals surface area contributed by atoms with Crippen LogP contribution >= 0.6 is 0 Å². The average molecular weight is 272 g/mol. The van der Waals surface area contributed by atoms with E-state index in [1.807, 2.05) is 0 Å². The van der Waals surface area contributed by atoms with Crippen LogP contribution in [0, 0.1) is 5.41 Å². The van der Waals surface area contributed by atoms with Crippen molar-refractivity contribution in [2.75, 3.05) is 19.6 Å². The highest BCUT2D eigenvalue weighted by molar-refractivity contribution is 5.20. The summed E-state index contributed by atoms with van der Waals surface area (Å²) in [7, 11) is 0. The topological polar surface area (TPSA) is 15.3 Å². The molecule has 1 heterocycles. The maximum Gasteiger partial charge on any atom is 0.0472 e. The number of hydrogen-bond acceptors (Lipinski definition) is 2. The first-order chi connectivity index (χ1) is 9.64. The van der Waals surface area contributed by atoms with Gasteiger partial charge in [0.15, 0.2) is 0 Å². The van der Waals surface area contributed by atoms with Crippen LogP contribution in [0.15, 0.2) is 30.3 Å². The Hall–Kier alpha value is -0.860. The van der Waals surface area contributed by atoms with E-state index in [4.69, 9.17) is 0 Å². The maximum atomic E-state index is 3.73. The third-order valence-corrected chi connectivity index (χ3v) is 4.95. The molecule has 1 atom stereocenters. The Bertz CT molecular complexity index is 412. The van der Waals surface area contributed by atoms with E-state index >= 15 is 0 Å². The normalized spacial score (nSPS) is 24.5. The third kappa shape index (κ3) is 3.62. The standard InChI is InChI=1S/C18H28N2/c1-18(2)10-12-20(13-11-18)17(14-19-16-8-9-16)15-6-4-3-5-7-15/h3-7,16-17,19H,8-14H2,1-2H3. The number of hydrogen-bond donors (Lipinski definition) is 1. The Labute approximate surface area is 123 Å². The van der Waals surface area contributed by atoms with E-state index < -0.39 is 0 Å². The molecule has 0 radical (unpaired) electrons. The van der Waals surface area contributed by atoms with Crippen LogP contribution in [0.4, 0.5) is 0 Å². The van der Waals surface area contributed by atoms with Crippen molar-refractivity contribution in [3.63, 3.8) is 0 Å². The fourth-order valence-corrected chi connectivity index (χ4v) is 3.14. The molecule has 1 saturated heterocycles. The van der Waals surface area contributed by atoms with Crippen molar-refractivity contribution in [2.45, 2.75) is 51.6 Å². The largest absolute Gasteiger partial charge is 0.312 e. The SMILES string of the molecule is CC1(C)CCN(C(CNC2CC2)c2ccccc2)CC1. The molecule has 1 saturated carbocycles. The molecule has 2 nitrogen and oxygen atoms in total. The first-order valence-electron chi connectivity index (χ1n) is 8.16. The van der Waals surface area contributed by atoms with E-state index in [-0.39, 0.29) is 0 Å². The van der Waals surface area contributed by atoms with Crippen LogP contribution in [0.2, 0.25) is 0 Å². The van der Waals surface area contributed by atoms with Gasteiger partial charge in [-0.3, -0.25) is 4.90 Å². The molecular weight excluding hydrogens is 244 g/mol. The summed E-state index contributed by atoms with van der Waals surface area (Å²) < 4.78 is 0. The minimum atomic E-state index is 0.529. The average Bonchev–Trinajstić information content (AvgIpc) is 3.26. The molecule has 1 aromatic carbocycles. The first-order valence-corrected chi connectivity index (χ1v) is 8.16. The lowest BCUT2D eigenvalue weighted by molar-refractivity contribution is 0.0925. The van der Waals surface area contributed by atoms with Gasteiger partial charge in [0.1, 0.15) is 0 Å². The fraction of sp³-hybridized carbons (Fsp3) is 0.667. The molecular formula is C18H28N2. The number of nitrogens with one attached hydrogen (secondary N) is 1. The number of piperidine rings is 1. The molecule has 0 aromatic heterocycles. The van der Waals surface area contributed by atoms with Crippen LogP contribution in [0.3, 0.4) is 0 Å². The molecule has 2 heteroatoms. The van der Waals surface area contributed by atoms with E-state index in [1.165, 1.54) is 44.3 Å². The maximum absolute atomic E-state index is 3.73. The number of rotatable bonds is 5. The van der Waals surface area contributed by atoms with Crippen LogP contribution in [0.5, 0.6) is 0 Å². The second-order valence-electron chi connectivity index (χ2n) is 7.31. The van der Waals surface area contributed by atoms with E-state index in [1.54, 1.807) is 0 Å². The van der Waals surface area contributed by atoms with Gasteiger partial charge in [-0.25, -0.2) is 0 Å². The number of likely N-dealkylation sites (tertiary alicyclic amines) is 1. The minimum Gasteiger partial charge on any atom is -0.312 e. The Morgan fingerprint density at radius 1 is 1.15 bits per heavy atom. The zero-order valence-corrected chi connectivity index (χ0v) is 12.9. The fourth-order valence-electron chi connectivity index (χ4n) is 3.14. The van der Waals surface area contributed by atoms with Crippen LogP contribution in [-0.2, 0) is 0 Å². The molecule has 1 N–H and O–H groups in total. The van der Waals surface area contributed by atoms with Gasteiger partial charge in [-0.2, -0.15) is 0 Å². The summed E-state index contributed by atoms with van der Waals surface area (Å²) in [6, 6.07) is 12.4. The van der Waals surface area contributed by atoms with Crippen LogP contribution in [-0.4, -0.2) is 30.6 Å². The summed E-state index contributed by atoms with van der Waals surface area (Å²) in [5, 5.41) is 3.73. The Morgan fingerprint density at radius 3 is 2.40 bits per heavy atom. The van der Waals surface area contributed by atoms with Gasteiger partial charge in [-0.05, 0) is 49.8 Å². The van der Waals surface area contributed by atoms with Gasteiger partial charge < -0.3 is 5.32 Å². The predicted octanol–water partition coefficient (Wildman–Crippen LogP) is 3.60. The molecule has 1 aromatic rings. The summed E-state index contributed by atoms with van der Waals surface area (Å²) in [5.41, 5.74) is 2.00. The lowest BCUT2D eigenvalue weighted by Crippen LogP contribution is -2.43. The van der Waals surface area contributed by atoms with Crippen molar-refractivity contribution >= 4 is 0 Å². The van der Waals surface area contributed by atoms with Crippen molar-refractivity contribution in [1.29, 1.82) is 0 Å². The summed E-state index contributed by atoms with van der Waals surface area (Å²) in [4.78, 5) is 2.69. The third-order valence-electron chi connectivity index (χ3n) is 4.95. The monoisotopic (exact) mass is 272 g/mol. The van der Waals surface area contributed by atoms with Gasteiger partial charge in [0.25, 0.3) is 0 Å². The molecule has 1 aliphatic heterocycles. The predicted molar refractivity (Wildman–Crippen MR) is 84.8 cm³/mol. The van der Waals surface area contributed by atoms with E-state index in [0.717, 1.165) is 12.6 Å². The number of nitrogens with zero attached hydrogens (tertiary/aromatic N) is 1. The summed E-state index contributed by atoms with van der Waals surface area (Å²) in [6.45, 7) is 8.39. The van der Waals surface area contributed by atoms with Gasteiger partial charge in [-0.1, -0.05) is 44.2 Å². The molecule has 1 unspecified atom stereocenters. The van der Waals surface area contributed by atoms with Crippen LogP contribution in [0.1, 0.15) is 51.1 Å². The molecule has 3 rings (SSSR count). The number of benzene rings is 1. The molecule has 2 aliphatic rings. The van der Waals surface area contributed by atoms with E-state index in [2.05, 4.69) is 54.4 Å². The highest BCUT2D eigenvalue weighted by Gasteiger charge is 2.31. The molecule has 2 fully saturated rings. The van der Waals surface area contributed by atoms with Crippen molar-refractivity contribution in [3.05, 3.63) is 35.9 Å². The van der Waals surface area contributed by atoms with Crippen LogP contribution < -0.4 is 5.32 Å². The summed E-state index contributed by atoms with van der Waals surface area (Å²) >= 11 is 0. The van der Waals surface area contributed by atoms with E-state index in [9.17, 15) is 0 Å². The highest BCUT2D eigenvalue weighted by Crippen LogP contribution is 2.34.